The summed E-state index contributed by atoms with van der Waals surface area (Å²) >= 11 is 0. The normalized spacial score (nSPS) is 23.4. The zero-order valence-corrected chi connectivity index (χ0v) is 18.5. The molecule has 0 saturated carbocycles. The van der Waals surface area contributed by atoms with E-state index in [9.17, 15) is 36.0 Å². The number of halogens is 4. The van der Waals surface area contributed by atoms with E-state index in [2.05, 4.69) is 0 Å². The van der Waals surface area contributed by atoms with Gasteiger partial charge in [0.25, 0.3) is 5.92 Å². The zero-order valence-electron chi connectivity index (χ0n) is 17.7. The Morgan fingerprint density at radius 2 is 1.94 bits per heavy atom. The highest BCUT2D eigenvalue weighted by Crippen LogP contribution is 2.52. The molecule has 0 aromatic heterocycles. The van der Waals surface area contributed by atoms with E-state index in [1.165, 1.54) is 12.1 Å². The van der Waals surface area contributed by atoms with Gasteiger partial charge >= 0.3 is 5.97 Å². The van der Waals surface area contributed by atoms with E-state index in [1.54, 1.807) is 6.07 Å². The second-order valence-corrected chi connectivity index (χ2v) is 10.4. The molecule has 0 unspecified atom stereocenters. The summed E-state index contributed by atoms with van der Waals surface area (Å²) in [6.07, 6.45) is -3.31. The lowest BCUT2D eigenvalue weighted by atomic mass is 9.73. The molecule has 0 saturated heterocycles. The molecule has 0 fully saturated rings. The lowest BCUT2D eigenvalue weighted by molar-refractivity contribution is -0.149. The van der Waals surface area contributed by atoms with Crippen molar-refractivity contribution in [2.45, 2.75) is 55.2 Å². The van der Waals surface area contributed by atoms with Crippen LogP contribution < -0.4 is 0 Å². The van der Waals surface area contributed by atoms with Gasteiger partial charge < -0.3 is 4.74 Å². The van der Waals surface area contributed by atoms with Gasteiger partial charge in [-0.1, -0.05) is 6.07 Å². The summed E-state index contributed by atoms with van der Waals surface area (Å²) in [4.78, 5) is 11.3. The van der Waals surface area contributed by atoms with Crippen LogP contribution in [0.2, 0.25) is 0 Å². The number of nitriles is 1. The average Bonchev–Trinajstić information content (AvgIpc) is 3.02. The van der Waals surface area contributed by atoms with Gasteiger partial charge in [-0.2, -0.15) is 5.26 Å². The Hall–Kier alpha value is -2.93. The summed E-state index contributed by atoms with van der Waals surface area (Å²) in [5.74, 6) is -5.95. The molecule has 3 atom stereocenters. The monoisotopic (exact) mass is 481 g/mol. The molecule has 10 heteroatoms. The number of ether oxygens (including phenoxy) is 1. The molecule has 174 valence electrons. The van der Waals surface area contributed by atoms with Crippen LogP contribution >= 0.6 is 0 Å². The molecule has 0 N–H and O–H groups in total. The van der Waals surface area contributed by atoms with E-state index in [4.69, 9.17) is 4.74 Å². The predicted molar refractivity (Wildman–Crippen MR) is 109 cm³/mol. The lowest BCUT2D eigenvalue weighted by Crippen LogP contribution is -2.26. The van der Waals surface area contributed by atoms with Crippen LogP contribution in [0.15, 0.2) is 29.2 Å². The number of benzene rings is 2. The molecule has 0 heterocycles. The fourth-order valence-electron chi connectivity index (χ4n) is 4.95. The standard InChI is InChI=1S/C23H19F4NO4S/c1-11(29)32-22-18(25)9-16-14(3-4-19(21(16)22)33(2,30)31)15-5-6-23(26,27)17-8-13(24)7-12(10-28)20(15)17/h3-4,7-8,15,18,22H,5-6,9H2,1-2H3/t15-,18-,22-/m1/s1. The number of hydrogen-bond acceptors (Lipinski definition) is 5. The number of carbonyl (C=O) groups is 1. The molecule has 0 spiro atoms. The minimum Gasteiger partial charge on any atom is -0.454 e. The summed E-state index contributed by atoms with van der Waals surface area (Å²) in [5, 5.41) is 9.52. The van der Waals surface area contributed by atoms with Crippen LogP contribution in [0.3, 0.4) is 0 Å². The Labute approximate surface area is 187 Å². The van der Waals surface area contributed by atoms with Crippen LogP contribution in [-0.2, 0) is 31.7 Å². The van der Waals surface area contributed by atoms with E-state index in [0.717, 1.165) is 19.2 Å². The van der Waals surface area contributed by atoms with Gasteiger partial charge in [-0.15, -0.1) is 0 Å². The molecule has 0 amide bonds. The van der Waals surface area contributed by atoms with Crippen molar-refractivity contribution in [1.82, 2.24) is 0 Å². The van der Waals surface area contributed by atoms with Gasteiger partial charge in [-0.3, -0.25) is 4.79 Å². The van der Waals surface area contributed by atoms with Crippen molar-refractivity contribution < 1.29 is 35.5 Å². The first-order valence-corrected chi connectivity index (χ1v) is 12.0. The first kappa shape index (κ1) is 23.2. The van der Waals surface area contributed by atoms with Crippen molar-refractivity contribution >= 4 is 15.8 Å². The van der Waals surface area contributed by atoms with Crippen LogP contribution in [0.1, 0.15) is 65.2 Å². The first-order chi connectivity index (χ1) is 15.3. The minimum atomic E-state index is -3.85. The third-order valence-corrected chi connectivity index (χ3v) is 7.34. The predicted octanol–water partition coefficient (Wildman–Crippen LogP) is 4.62. The van der Waals surface area contributed by atoms with Gasteiger partial charge in [-0.25, -0.2) is 26.0 Å². The van der Waals surface area contributed by atoms with Gasteiger partial charge in [0, 0.05) is 43.1 Å². The molecular formula is C23H19F4NO4S. The molecular weight excluding hydrogens is 462 g/mol. The van der Waals surface area contributed by atoms with Crippen LogP contribution in [-0.4, -0.2) is 26.8 Å². The Kier molecular flexibility index (Phi) is 5.52. The van der Waals surface area contributed by atoms with Crippen LogP contribution in [0.5, 0.6) is 0 Å². The third-order valence-electron chi connectivity index (χ3n) is 6.19. The molecule has 0 radical (unpaired) electrons. The number of fused-ring (bicyclic) bond motifs is 2. The number of hydrogen-bond donors (Lipinski definition) is 0. The Morgan fingerprint density at radius 1 is 1.24 bits per heavy atom. The van der Waals surface area contributed by atoms with Crippen molar-refractivity contribution in [3.05, 3.63) is 63.5 Å². The molecule has 0 aliphatic heterocycles. The fraction of sp³-hybridized carbons (Fsp3) is 0.391. The van der Waals surface area contributed by atoms with E-state index in [1.807, 2.05) is 0 Å². The highest BCUT2D eigenvalue weighted by atomic mass is 32.2. The smallest absolute Gasteiger partial charge is 0.303 e. The minimum absolute atomic E-state index is 0.0165. The first-order valence-electron chi connectivity index (χ1n) is 10.1. The maximum atomic E-state index is 15.0. The highest BCUT2D eigenvalue weighted by Gasteiger charge is 2.46. The zero-order chi connectivity index (χ0) is 24.3. The number of alkyl halides is 3. The topological polar surface area (TPSA) is 84.2 Å². The van der Waals surface area contributed by atoms with Crippen molar-refractivity contribution in [1.29, 1.82) is 5.26 Å². The maximum Gasteiger partial charge on any atom is 0.303 e. The summed E-state index contributed by atoms with van der Waals surface area (Å²) in [6, 6.07) is 6.00. The van der Waals surface area contributed by atoms with Gasteiger partial charge in [0.05, 0.1) is 16.5 Å². The quantitative estimate of drug-likeness (QED) is 0.472. The average molecular weight is 481 g/mol. The maximum absolute atomic E-state index is 15.0. The van der Waals surface area contributed by atoms with Gasteiger partial charge in [0.2, 0.25) is 0 Å². The van der Waals surface area contributed by atoms with Gasteiger partial charge in [0.1, 0.15) is 12.0 Å². The SMILES string of the molecule is CC(=O)O[C@H]1c2c(S(C)(=O)=O)ccc([C@H]3CCC(F)(F)c4cc(F)cc(C#N)c43)c2C[C@H]1F. The van der Waals surface area contributed by atoms with Crippen LogP contribution in [0.4, 0.5) is 17.6 Å². The van der Waals surface area contributed by atoms with E-state index >= 15 is 0 Å². The molecule has 4 rings (SSSR count). The highest BCUT2D eigenvalue weighted by molar-refractivity contribution is 7.90. The molecule has 2 aliphatic rings. The summed E-state index contributed by atoms with van der Waals surface area (Å²) in [7, 11) is -3.85. The summed E-state index contributed by atoms with van der Waals surface area (Å²) in [5.41, 5.74) is -0.349. The van der Waals surface area contributed by atoms with Crippen LogP contribution in [0, 0.1) is 17.1 Å². The Morgan fingerprint density at radius 3 is 2.55 bits per heavy atom. The largest absolute Gasteiger partial charge is 0.454 e. The van der Waals surface area contributed by atoms with E-state index in [-0.39, 0.29) is 40.0 Å². The molecule has 33 heavy (non-hydrogen) atoms. The van der Waals surface area contributed by atoms with Crippen molar-refractivity contribution in [2.75, 3.05) is 6.26 Å². The van der Waals surface area contributed by atoms with Gasteiger partial charge in [-0.05, 0) is 41.3 Å². The molecule has 5 nitrogen and oxygen atoms in total. The Balaban J connectivity index is 1.99. The molecule has 2 aliphatic carbocycles. The number of nitrogens with zero attached hydrogens (tertiary/aromatic N) is 1. The second-order valence-electron chi connectivity index (χ2n) is 8.39. The van der Waals surface area contributed by atoms with Crippen molar-refractivity contribution in [3.8, 4) is 6.07 Å². The Bertz CT molecular complexity index is 1320. The number of carbonyl (C=O) groups excluding carboxylic acids is 1. The lowest BCUT2D eigenvalue weighted by Gasteiger charge is -2.33. The second kappa shape index (κ2) is 7.83. The number of rotatable bonds is 3. The fourth-order valence-corrected chi connectivity index (χ4v) is 5.90. The number of esters is 1. The van der Waals surface area contributed by atoms with Gasteiger partial charge in [0.15, 0.2) is 15.9 Å². The molecule has 2 aromatic rings. The summed E-state index contributed by atoms with van der Waals surface area (Å²) in [6.45, 7) is 1.07. The van der Waals surface area contributed by atoms with E-state index in [0.29, 0.717) is 11.6 Å². The van der Waals surface area contributed by atoms with Crippen molar-refractivity contribution in [3.63, 3.8) is 0 Å². The molecule has 0 bridgehead atoms. The third kappa shape index (κ3) is 3.88. The molecule has 2 aromatic carbocycles. The van der Waals surface area contributed by atoms with Crippen LogP contribution in [0.25, 0.3) is 0 Å². The summed E-state index contributed by atoms with van der Waals surface area (Å²) < 4.78 is 88.2. The van der Waals surface area contributed by atoms with Crippen molar-refractivity contribution in [2.24, 2.45) is 0 Å². The van der Waals surface area contributed by atoms with E-state index < -0.39 is 57.7 Å². The number of sulfone groups is 1.